The third-order valence-corrected chi connectivity index (χ3v) is 3.63. The molecule has 1 amide bonds. The largest absolute Gasteiger partial charge is 0.311 e. The van der Waals surface area contributed by atoms with Gasteiger partial charge in [-0.05, 0) is 12.8 Å². The fraction of sp³-hybridized carbons (Fsp3) is 0.714. The number of nitrogens with zero attached hydrogens (tertiary/aromatic N) is 2. The number of nitrogens with one attached hydrogen (secondary N) is 1. The summed E-state index contributed by atoms with van der Waals surface area (Å²) in [5.74, 6) is 1.14. The second kappa shape index (κ2) is 4.75. The number of amides is 1. The fourth-order valence-corrected chi connectivity index (χ4v) is 2.37. The van der Waals surface area contributed by atoms with Crippen molar-refractivity contribution in [2.24, 2.45) is 13.0 Å². The molecule has 100 valence electrons. The molecule has 4 nitrogen and oxygen atoms in total. The molecule has 1 heterocycles. The van der Waals surface area contributed by atoms with Crippen LogP contribution in [0.3, 0.4) is 0 Å². The highest BCUT2D eigenvalue weighted by molar-refractivity contribution is 5.92. The van der Waals surface area contributed by atoms with Crippen LogP contribution in [0.4, 0.5) is 5.82 Å². The molecular formula is C14H23N3O. The predicted octanol–water partition coefficient (Wildman–Crippen LogP) is 2.85. The van der Waals surface area contributed by atoms with Gasteiger partial charge in [-0.1, -0.05) is 33.6 Å². The summed E-state index contributed by atoms with van der Waals surface area (Å²) in [4.78, 5) is 12.1. The molecule has 1 aliphatic carbocycles. The van der Waals surface area contributed by atoms with E-state index in [1.807, 2.05) is 13.1 Å². The maximum absolute atomic E-state index is 12.1. The Morgan fingerprint density at radius 1 is 1.39 bits per heavy atom. The molecule has 0 saturated heterocycles. The molecule has 0 spiro atoms. The van der Waals surface area contributed by atoms with Gasteiger partial charge in [0, 0.05) is 24.4 Å². The lowest BCUT2D eigenvalue weighted by Crippen LogP contribution is -2.21. The lowest BCUT2D eigenvalue weighted by Gasteiger charge is -2.13. The smallest absolute Gasteiger partial charge is 0.228 e. The number of hydrogen-bond acceptors (Lipinski definition) is 2. The van der Waals surface area contributed by atoms with Crippen LogP contribution in [-0.4, -0.2) is 15.7 Å². The van der Waals surface area contributed by atoms with Crippen LogP contribution in [0, 0.1) is 5.92 Å². The first-order valence-electron chi connectivity index (χ1n) is 6.73. The first-order valence-corrected chi connectivity index (χ1v) is 6.73. The summed E-state index contributed by atoms with van der Waals surface area (Å²) in [7, 11) is 1.87. The maximum Gasteiger partial charge on any atom is 0.228 e. The van der Waals surface area contributed by atoms with Crippen LogP contribution in [-0.2, 0) is 17.3 Å². The highest BCUT2D eigenvalue weighted by atomic mass is 16.2. The van der Waals surface area contributed by atoms with Gasteiger partial charge >= 0.3 is 0 Å². The minimum Gasteiger partial charge on any atom is -0.311 e. The first-order chi connectivity index (χ1) is 8.38. The highest BCUT2D eigenvalue weighted by Crippen LogP contribution is 2.27. The van der Waals surface area contributed by atoms with Gasteiger partial charge in [0.2, 0.25) is 5.91 Å². The van der Waals surface area contributed by atoms with Crippen molar-refractivity contribution in [3.8, 4) is 0 Å². The molecule has 0 radical (unpaired) electrons. The van der Waals surface area contributed by atoms with Gasteiger partial charge in [-0.15, -0.1) is 0 Å². The van der Waals surface area contributed by atoms with E-state index in [-0.39, 0.29) is 17.2 Å². The quantitative estimate of drug-likeness (QED) is 0.876. The van der Waals surface area contributed by atoms with Crippen molar-refractivity contribution in [2.45, 2.75) is 51.9 Å². The van der Waals surface area contributed by atoms with Gasteiger partial charge in [0.1, 0.15) is 5.82 Å². The van der Waals surface area contributed by atoms with E-state index in [2.05, 4.69) is 31.2 Å². The van der Waals surface area contributed by atoms with Gasteiger partial charge in [0.25, 0.3) is 0 Å². The van der Waals surface area contributed by atoms with Crippen LogP contribution in [0.2, 0.25) is 0 Å². The average Bonchev–Trinajstić information content (AvgIpc) is 2.87. The van der Waals surface area contributed by atoms with Crippen molar-refractivity contribution in [3.05, 3.63) is 11.8 Å². The second-order valence-electron chi connectivity index (χ2n) is 6.26. The van der Waals surface area contributed by atoms with Crippen LogP contribution in [0.15, 0.2) is 6.07 Å². The van der Waals surface area contributed by atoms with Crippen LogP contribution in [0.1, 0.15) is 52.1 Å². The normalized spacial score (nSPS) is 17.1. The van der Waals surface area contributed by atoms with Crippen molar-refractivity contribution >= 4 is 11.7 Å². The topological polar surface area (TPSA) is 46.9 Å². The van der Waals surface area contributed by atoms with E-state index < -0.39 is 0 Å². The van der Waals surface area contributed by atoms with Gasteiger partial charge in [0.15, 0.2) is 0 Å². The second-order valence-corrected chi connectivity index (χ2v) is 6.26. The minimum atomic E-state index is 0.00803. The molecule has 1 aromatic rings. The third-order valence-electron chi connectivity index (χ3n) is 3.63. The molecule has 0 unspecified atom stereocenters. The monoisotopic (exact) mass is 249 g/mol. The van der Waals surface area contributed by atoms with Gasteiger partial charge < -0.3 is 5.32 Å². The van der Waals surface area contributed by atoms with E-state index in [0.717, 1.165) is 24.4 Å². The molecule has 0 aromatic carbocycles. The molecule has 0 atom stereocenters. The highest BCUT2D eigenvalue weighted by Gasteiger charge is 2.24. The van der Waals surface area contributed by atoms with Crippen molar-refractivity contribution in [3.63, 3.8) is 0 Å². The van der Waals surface area contributed by atoms with E-state index in [1.165, 1.54) is 12.8 Å². The zero-order valence-electron chi connectivity index (χ0n) is 11.8. The summed E-state index contributed by atoms with van der Waals surface area (Å²) in [6.07, 6.45) is 4.40. The van der Waals surface area contributed by atoms with Crippen LogP contribution in [0.5, 0.6) is 0 Å². The average molecular weight is 249 g/mol. The van der Waals surface area contributed by atoms with Crippen LogP contribution >= 0.6 is 0 Å². The zero-order chi connectivity index (χ0) is 13.3. The lowest BCUT2D eigenvalue weighted by molar-refractivity contribution is -0.119. The number of rotatable bonds is 2. The maximum atomic E-state index is 12.1. The molecule has 0 aliphatic heterocycles. The molecule has 0 bridgehead atoms. The third kappa shape index (κ3) is 2.74. The predicted molar refractivity (Wildman–Crippen MR) is 72.5 cm³/mol. The molecule has 18 heavy (non-hydrogen) atoms. The molecule has 2 rings (SSSR count). The van der Waals surface area contributed by atoms with Crippen LogP contribution in [0.25, 0.3) is 0 Å². The molecule has 1 aliphatic rings. The van der Waals surface area contributed by atoms with Crippen molar-refractivity contribution in [1.29, 1.82) is 0 Å². The van der Waals surface area contributed by atoms with E-state index in [1.54, 1.807) is 4.68 Å². The van der Waals surface area contributed by atoms with E-state index in [4.69, 9.17) is 0 Å². The standard InChI is InChI=1S/C14H23N3O/c1-14(2,3)11-9-12(17(4)16-11)15-13(18)10-7-5-6-8-10/h9-10H,5-8H2,1-4H3,(H,15,18). The Morgan fingerprint density at radius 2 is 2.00 bits per heavy atom. The molecule has 4 heteroatoms. The Balaban J connectivity index is 2.09. The van der Waals surface area contributed by atoms with Gasteiger partial charge in [-0.2, -0.15) is 5.10 Å². The van der Waals surface area contributed by atoms with Crippen LogP contribution < -0.4 is 5.32 Å². The van der Waals surface area contributed by atoms with Gasteiger partial charge in [0.05, 0.1) is 5.69 Å². The number of carbonyl (C=O) groups is 1. The molecular weight excluding hydrogens is 226 g/mol. The Morgan fingerprint density at radius 3 is 2.50 bits per heavy atom. The molecule has 1 saturated carbocycles. The number of anilines is 1. The number of aryl methyl sites for hydroxylation is 1. The fourth-order valence-electron chi connectivity index (χ4n) is 2.37. The zero-order valence-corrected chi connectivity index (χ0v) is 11.8. The number of carbonyl (C=O) groups excluding carboxylic acids is 1. The Kier molecular flexibility index (Phi) is 3.46. The summed E-state index contributed by atoms with van der Waals surface area (Å²) in [6, 6.07) is 1.98. The van der Waals surface area contributed by atoms with E-state index in [0.29, 0.717) is 0 Å². The first kappa shape index (κ1) is 13.1. The molecule has 1 aromatic heterocycles. The minimum absolute atomic E-state index is 0.00803. The Hall–Kier alpha value is -1.32. The molecule has 1 N–H and O–H groups in total. The van der Waals surface area contributed by atoms with E-state index >= 15 is 0 Å². The Labute approximate surface area is 109 Å². The molecule has 1 fully saturated rings. The van der Waals surface area contributed by atoms with Crippen molar-refractivity contribution in [2.75, 3.05) is 5.32 Å². The van der Waals surface area contributed by atoms with Crippen molar-refractivity contribution in [1.82, 2.24) is 9.78 Å². The van der Waals surface area contributed by atoms with Gasteiger partial charge in [-0.25, -0.2) is 0 Å². The number of aromatic nitrogens is 2. The lowest BCUT2D eigenvalue weighted by atomic mass is 9.92. The van der Waals surface area contributed by atoms with Gasteiger partial charge in [-0.3, -0.25) is 9.48 Å². The number of hydrogen-bond donors (Lipinski definition) is 1. The Bertz CT molecular complexity index is 436. The summed E-state index contributed by atoms with van der Waals surface area (Å²) in [5.41, 5.74) is 1.01. The summed E-state index contributed by atoms with van der Waals surface area (Å²) in [5, 5.41) is 7.47. The SMILES string of the molecule is Cn1nc(C(C)(C)C)cc1NC(=O)C1CCCC1. The summed E-state index contributed by atoms with van der Waals surface area (Å²) in [6.45, 7) is 6.37. The van der Waals surface area contributed by atoms with Crippen molar-refractivity contribution < 1.29 is 4.79 Å². The summed E-state index contributed by atoms with van der Waals surface area (Å²) >= 11 is 0. The summed E-state index contributed by atoms with van der Waals surface area (Å²) < 4.78 is 1.76. The van der Waals surface area contributed by atoms with E-state index in [9.17, 15) is 4.79 Å².